The van der Waals surface area contributed by atoms with Crippen molar-refractivity contribution in [2.75, 3.05) is 33.1 Å². The second-order valence-electron chi connectivity index (χ2n) is 5.98. The summed E-state index contributed by atoms with van der Waals surface area (Å²) in [6, 6.07) is 11.7. The first kappa shape index (κ1) is 21.5. The van der Waals surface area contributed by atoms with Gasteiger partial charge in [0.15, 0.2) is 0 Å². The molecule has 7 nitrogen and oxygen atoms in total. The minimum absolute atomic E-state index is 0.0362. The number of nitrogens with one attached hydrogen (secondary N) is 1. The van der Waals surface area contributed by atoms with Gasteiger partial charge in [-0.05, 0) is 55.0 Å². The molecule has 0 radical (unpaired) electrons. The summed E-state index contributed by atoms with van der Waals surface area (Å²) in [7, 11) is 0.622. The molecular weight excluding hydrogens is 380 g/mol. The molecule has 0 spiro atoms. The van der Waals surface area contributed by atoms with Gasteiger partial charge in [0.05, 0.1) is 13.7 Å². The Morgan fingerprint density at radius 1 is 1.14 bits per heavy atom. The van der Waals surface area contributed by atoms with E-state index in [4.69, 9.17) is 9.47 Å². The largest absolute Gasteiger partial charge is 0.495 e. The maximum atomic E-state index is 12.4. The van der Waals surface area contributed by atoms with Gasteiger partial charge in [-0.15, -0.1) is 0 Å². The normalized spacial score (nSPS) is 11.6. The molecule has 0 unspecified atom stereocenters. The second-order valence-corrected chi connectivity index (χ2v) is 8.10. The fourth-order valence-electron chi connectivity index (χ4n) is 2.35. The monoisotopic (exact) mass is 404 g/mol. The van der Waals surface area contributed by atoms with Crippen molar-refractivity contribution >= 4 is 27.7 Å². The zero-order valence-electron chi connectivity index (χ0n) is 16.3. The smallest absolute Gasteiger partial charge is 0.248 e. The van der Waals surface area contributed by atoms with Crippen LogP contribution in [0, 0.1) is 0 Å². The number of anilines is 1. The van der Waals surface area contributed by atoms with Crippen LogP contribution in [-0.2, 0) is 14.8 Å². The first-order valence-electron chi connectivity index (χ1n) is 8.60. The van der Waals surface area contributed by atoms with Crippen molar-refractivity contribution in [1.29, 1.82) is 0 Å². The third kappa shape index (κ3) is 5.34. The predicted octanol–water partition coefficient (Wildman–Crippen LogP) is 3.00. The number of sulfonamides is 1. The molecule has 0 bridgehead atoms. The zero-order chi connectivity index (χ0) is 20.7. The van der Waals surface area contributed by atoms with E-state index in [1.807, 2.05) is 6.92 Å². The van der Waals surface area contributed by atoms with Crippen molar-refractivity contribution in [3.63, 3.8) is 0 Å². The Labute approximate surface area is 165 Å². The third-order valence-electron chi connectivity index (χ3n) is 3.81. The van der Waals surface area contributed by atoms with Gasteiger partial charge in [-0.3, -0.25) is 4.79 Å². The lowest BCUT2D eigenvalue weighted by atomic mass is 10.2. The summed E-state index contributed by atoms with van der Waals surface area (Å²) in [6.07, 6.45) is 2.88. The Morgan fingerprint density at radius 2 is 1.82 bits per heavy atom. The van der Waals surface area contributed by atoms with Gasteiger partial charge in [0.1, 0.15) is 16.4 Å². The van der Waals surface area contributed by atoms with Crippen molar-refractivity contribution in [3.8, 4) is 11.5 Å². The molecule has 0 atom stereocenters. The number of carbonyl (C=O) groups is 1. The van der Waals surface area contributed by atoms with Crippen LogP contribution < -0.4 is 14.8 Å². The molecule has 0 aliphatic carbocycles. The minimum Gasteiger partial charge on any atom is -0.495 e. The van der Waals surface area contributed by atoms with E-state index >= 15 is 0 Å². The van der Waals surface area contributed by atoms with Crippen LogP contribution in [0.2, 0.25) is 0 Å². The molecule has 2 aromatic carbocycles. The molecule has 1 amide bonds. The van der Waals surface area contributed by atoms with E-state index in [-0.39, 0.29) is 16.6 Å². The lowest BCUT2D eigenvalue weighted by Crippen LogP contribution is -2.22. The molecule has 8 heteroatoms. The highest BCUT2D eigenvalue weighted by Gasteiger charge is 2.22. The highest BCUT2D eigenvalue weighted by atomic mass is 32.2. The van der Waals surface area contributed by atoms with Crippen LogP contribution in [0.15, 0.2) is 53.4 Å². The molecular formula is C20H24N2O5S. The highest BCUT2D eigenvalue weighted by Crippen LogP contribution is 2.27. The van der Waals surface area contributed by atoms with Gasteiger partial charge in [0, 0.05) is 25.9 Å². The van der Waals surface area contributed by atoms with Crippen LogP contribution in [0.4, 0.5) is 5.69 Å². The van der Waals surface area contributed by atoms with Gasteiger partial charge in [0.2, 0.25) is 15.9 Å². The molecule has 0 aromatic heterocycles. The van der Waals surface area contributed by atoms with Gasteiger partial charge in [-0.2, -0.15) is 0 Å². The van der Waals surface area contributed by atoms with E-state index < -0.39 is 10.0 Å². The lowest BCUT2D eigenvalue weighted by Gasteiger charge is -2.15. The topological polar surface area (TPSA) is 84.9 Å². The number of benzene rings is 2. The SMILES string of the molecule is CCOc1ccc(NC(=O)/C=C/c2ccc(OC)c(S(=O)(=O)N(C)C)c2)cc1. The van der Waals surface area contributed by atoms with E-state index in [2.05, 4.69) is 5.32 Å². The summed E-state index contributed by atoms with van der Waals surface area (Å²) in [5.74, 6) is 0.630. The fraction of sp³-hybridized carbons (Fsp3) is 0.250. The van der Waals surface area contributed by atoms with Gasteiger partial charge in [-0.25, -0.2) is 12.7 Å². The molecule has 2 aromatic rings. The first-order chi connectivity index (χ1) is 13.3. The lowest BCUT2D eigenvalue weighted by molar-refractivity contribution is -0.111. The predicted molar refractivity (Wildman–Crippen MR) is 109 cm³/mol. The maximum absolute atomic E-state index is 12.4. The van der Waals surface area contributed by atoms with Crippen molar-refractivity contribution in [2.24, 2.45) is 0 Å². The summed E-state index contributed by atoms with van der Waals surface area (Å²) >= 11 is 0. The minimum atomic E-state index is -3.68. The van der Waals surface area contributed by atoms with E-state index in [1.165, 1.54) is 39.4 Å². The number of nitrogens with zero attached hydrogens (tertiary/aromatic N) is 1. The van der Waals surface area contributed by atoms with Crippen LogP contribution >= 0.6 is 0 Å². The molecule has 2 rings (SSSR count). The number of hydrogen-bond donors (Lipinski definition) is 1. The van der Waals surface area contributed by atoms with Crippen LogP contribution in [0.25, 0.3) is 6.08 Å². The highest BCUT2D eigenvalue weighted by molar-refractivity contribution is 7.89. The summed E-state index contributed by atoms with van der Waals surface area (Å²) in [5.41, 5.74) is 1.19. The zero-order valence-corrected chi connectivity index (χ0v) is 17.1. The second kappa shape index (κ2) is 9.38. The quantitative estimate of drug-likeness (QED) is 0.684. The molecule has 28 heavy (non-hydrogen) atoms. The number of methoxy groups -OCH3 is 1. The number of rotatable bonds is 8. The standard InChI is InChI=1S/C20H24N2O5S/c1-5-27-17-10-8-16(9-11-17)21-20(23)13-7-15-6-12-18(26-4)19(14-15)28(24,25)22(2)3/h6-14H,5H2,1-4H3,(H,21,23)/b13-7+. The molecule has 1 N–H and O–H groups in total. The van der Waals surface area contributed by atoms with Crippen molar-refractivity contribution in [1.82, 2.24) is 4.31 Å². The van der Waals surface area contributed by atoms with Crippen LogP contribution in [0.3, 0.4) is 0 Å². The summed E-state index contributed by atoms with van der Waals surface area (Å²) in [4.78, 5) is 12.2. The number of ether oxygens (including phenoxy) is 2. The van der Waals surface area contributed by atoms with Crippen molar-refractivity contribution in [3.05, 3.63) is 54.1 Å². The fourth-order valence-corrected chi connectivity index (χ4v) is 3.44. The van der Waals surface area contributed by atoms with Gasteiger partial charge in [-0.1, -0.05) is 6.07 Å². The number of amides is 1. The van der Waals surface area contributed by atoms with Gasteiger partial charge in [0.25, 0.3) is 0 Å². The van der Waals surface area contributed by atoms with Crippen LogP contribution in [0.1, 0.15) is 12.5 Å². The van der Waals surface area contributed by atoms with E-state index in [9.17, 15) is 13.2 Å². The maximum Gasteiger partial charge on any atom is 0.248 e. The van der Waals surface area contributed by atoms with Gasteiger partial charge < -0.3 is 14.8 Å². The van der Waals surface area contributed by atoms with E-state index in [0.29, 0.717) is 17.9 Å². The Bertz CT molecular complexity index is 951. The molecule has 0 heterocycles. The van der Waals surface area contributed by atoms with Gasteiger partial charge >= 0.3 is 0 Å². The van der Waals surface area contributed by atoms with Crippen molar-refractivity contribution in [2.45, 2.75) is 11.8 Å². The van der Waals surface area contributed by atoms with Crippen LogP contribution in [-0.4, -0.2) is 46.4 Å². The van der Waals surface area contributed by atoms with E-state index in [0.717, 1.165) is 10.1 Å². The van der Waals surface area contributed by atoms with Crippen molar-refractivity contribution < 1.29 is 22.7 Å². The first-order valence-corrected chi connectivity index (χ1v) is 10.0. The average Bonchev–Trinajstić information content (AvgIpc) is 2.67. The molecule has 0 aliphatic heterocycles. The molecule has 150 valence electrons. The number of hydrogen-bond acceptors (Lipinski definition) is 5. The molecule has 0 aliphatic rings. The molecule has 0 fully saturated rings. The Morgan fingerprint density at radius 3 is 2.39 bits per heavy atom. The third-order valence-corrected chi connectivity index (χ3v) is 5.64. The van der Waals surface area contributed by atoms with E-state index in [1.54, 1.807) is 36.4 Å². The number of carbonyl (C=O) groups excluding carboxylic acids is 1. The summed E-state index contributed by atoms with van der Waals surface area (Å²) in [5, 5.41) is 2.73. The summed E-state index contributed by atoms with van der Waals surface area (Å²) < 4.78 is 36.5. The Balaban J connectivity index is 2.16. The molecule has 0 saturated heterocycles. The average molecular weight is 404 g/mol. The Kier molecular flexibility index (Phi) is 7.19. The molecule has 0 saturated carbocycles. The van der Waals surface area contributed by atoms with Crippen LogP contribution in [0.5, 0.6) is 11.5 Å². The Hall–Kier alpha value is -2.84. The summed E-state index contributed by atoms with van der Waals surface area (Å²) in [6.45, 7) is 2.47.